The minimum atomic E-state index is -4.51. The summed E-state index contributed by atoms with van der Waals surface area (Å²) in [5, 5.41) is 8.00. The van der Waals surface area contributed by atoms with Gasteiger partial charge in [0.15, 0.2) is 0 Å². The molecule has 8 nitrogen and oxygen atoms in total. The quantitative estimate of drug-likeness (QED) is 0.460. The first-order valence-corrected chi connectivity index (χ1v) is 4.76. The average molecular weight is 227 g/mol. The Labute approximate surface area is 80.0 Å². The fraction of sp³-hybridized carbons (Fsp3) is 0.600. The summed E-state index contributed by atoms with van der Waals surface area (Å²) >= 11 is 0. The van der Waals surface area contributed by atoms with Gasteiger partial charge in [-0.2, -0.15) is 8.42 Å². The number of β-lactam (4-membered cyclic amide) rings is 1. The maximum atomic E-state index is 10.3. The van der Waals surface area contributed by atoms with Crippen LogP contribution in [0.4, 0.5) is 0 Å². The molecule has 2 N–H and O–H groups in total. The van der Waals surface area contributed by atoms with Gasteiger partial charge in [0.25, 0.3) is 5.97 Å². The number of amides is 1. The van der Waals surface area contributed by atoms with Crippen LogP contribution in [0.5, 0.6) is 0 Å². The van der Waals surface area contributed by atoms with Crippen LogP contribution in [0, 0.1) is 0 Å². The fourth-order valence-corrected chi connectivity index (χ4v) is 0.872. The van der Waals surface area contributed by atoms with Crippen LogP contribution < -0.4 is 0 Å². The zero-order valence-electron chi connectivity index (χ0n) is 7.21. The van der Waals surface area contributed by atoms with Crippen molar-refractivity contribution in [2.45, 2.75) is 13.3 Å². The molecule has 0 saturated carbocycles. The van der Waals surface area contributed by atoms with Gasteiger partial charge in [0.1, 0.15) is 0 Å². The van der Waals surface area contributed by atoms with Crippen molar-refractivity contribution in [2.24, 2.45) is 0 Å². The summed E-state index contributed by atoms with van der Waals surface area (Å²) in [6.07, 6.45) is 0.259. The van der Waals surface area contributed by atoms with Gasteiger partial charge in [-0.1, -0.05) is 0 Å². The van der Waals surface area contributed by atoms with Gasteiger partial charge in [-0.3, -0.25) is 14.1 Å². The number of hydroxylamine groups is 2. The van der Waals surface area contributed by atoms with Gasteiger partial charge < -0.3 is 5.11 Å². The molecule has 1 saturated heterocycles. The molecule has 0 atom stereocenters. The van der Waals surface area contributed by atoms with Gasteiger partial charge in [0, 0.05) is 13.3 Å². The SMILES string of the molecule is CC(=O)O.O=C1CCN1OS(=O)(=O)O. The standard InChI is InChI=1S/C3H5NO5S.C2H4O2/c5-3-1-2-4(3)9-10(6,7)8;1-2(3)4/h1-2H2,(H,6,7,8);1H3,(H,3,4). The van der Waals surface area contributed by atoms with E-state index in [0.29, 0.717) is 5.06 Å². The Hall–Kier alpha value is -1.19. The van der Waals surface area contributed by atoms with Crippen molar-refractivity contribution in [3.63, 3.8) is 0 Å². The van der Waals surface area contributed by atoms with Crippen molar-refractivity contribution in [2.75, 3.05) is 6.54 Å². The van der Waals surface area contributed by atoms with Gasteiger partial charge >= 0.3 is 10.4 Å². The summed E-state index contributed by atoms with van der Waals surface area (Å²) in [6, 6.07) is 0. The molecule has 1 aliphatic heterocycles. The summed E-state index contributed by atoms with van der Waals surface area (Å²) in [5.74, 6) is -1.28. The van der Waals surface area contributed by atoms with Crippen molar-refractivity contribution in [3.05, 3.63) is 0 Å². The molecule has 14 heavy (non-hydrogen) atoms. The molecule has 0 bridgehead atoms. The van der Waals surface area contributed by atoms with Crippen molar-refractivity contribution >= 4 is 22.3 Å². The molecular weight excluding hydrogens is 218 g/mol. The number of rotatable bonds is 2. The van der Waals surface area contributed by atoms with Crippen LogP contribution in [-0.4, -0.2) is 41.6 Å². The van der Waals surface area contributed by atoms with Crippen LogP contribution >= 0.6 is 0 Å². The van der Waals surface area contributed by atoms with Crippen molar-refractivity contribution in [1.82, 2.24) is 5.06 Å². The molecule has 0 aromatic carbocycles. The summed E-state index contributed by atoms with van der Waals surface area (Å²) in [7, 11) is -4.51. The number of carbonyl (C=O) groups excluding carboxylic acids is 1. The van der Waals surface area contributed by atoms with Crippen LogP contribution in [0.25, 0.3) is 0 Å². The molecule has 1 heterocycles. The van der Waals surface area contributed by atoms with E-state index in [-0.39, 0.29) is 13.0 Å². The number of aliphatic carboxylic acids is 1. The molecule has 1 aliphatic rings. The number of hydrogen-bond donors (Lipinski definition) is 2. The Morgan fingerprint density at radius 1 is 1.57 bits per heavy atom. The summed E-state index contributed by atoms with van der Waals surface area (Å²) in [5.41, 5.74) is 0. The highest BCUT2D eigenvalue weighted by Crippen LogP contribution is 2.10. The van der Waals surface area contributed by atoms with Gasteiger partial charge in [-0.25, -0.2) is 5.06 Å². The molecular formula is C5H9NO7S. The van der Waals surface area contributed by atoms with E-state index in [2.05, 4.69) is 4.28 Å². The van der Waals surface area contributed by atoms with Crippen LogP contribution in [0.3, 0.4) is 0 Å². The van der Waals surface area contributed by atoms with E-state index in [1.807, 2.05) is 0 Å². The van der Waals surface area contributed by atoms with E-state index in [1.54, 1.807) is 0 Å². The van der Waals surface area contributed by atoms with Gasteiger partial charge in [-0.05, 0) is 0 Å². The van der Waals surface area contributed by atoms with Gasteiger partial charge in [0.05, 0.1) is 6.54 Å². The third kappa shape index (κ3) is 6.34. The van der Waals surface area contributed by atoms with Crippen LogP contribution in [0.1, 0.15) is 13.3 Å². The Morgan fingerprint density at radius 2 is 2.00 bits per heavy atom. The zero-order valence-corrected chi connectivity index (χ0v) is 8.02. The highest BCUT2D eigenvalue weighted by molar-refractivity contribution is 7.80. The van der Waals surface area contributed by atoms with Crippen molar-refractivity contribution in [1.29, 1.82) is 0 Å². The zero-order chi connectivity index (χ0) is 11.4. The first kappa shape index (κ1) is 12.8. The third-order valence-electron chi connectivity index (χ3n) is 0.991. The smallest absolute Gasteiger partial charge is 0.418 e. The minimum absolute atomic E-state index is 0.207. The van der Waals surface area contributed by atoms with Crippen molar-refractivity contribution in [3.8, 4) is 0 Å². The Morgan fingerprint density at radius 3 is 2.07 bits per heavy atom. The maximum Gasteiger partial charge on any atom is 0.418 e. The molecule has 0 unspecified atom stereocenters. The van der Waals surface area contributed by atoms with E-state index in [9.17, 15) is 13.2 Å². The number of carboxylic acids is 1. The van der Waals surface area contributed by atoms with E-state index in [0.717, 1.165) is 6.92 Å². The summed E-state index contributed by atoms with van der Waals surface area (Å²) in [4.78, 5) is 19.3. The highest BCUT2D eigenvalue weighted by Gasteiger charge is 2.28. The van der Waals surface area contributed by atoms with E-state index >= 15 is 0 Å². The first-order valence-electron chi connectivity index (χ1n) is 3.39. The maximum absolute atomic E-state index is 10.3. The molecule has 0 radical (unpaired) electrons. The largest absolute Gasteiger partial charge is 0.481 e. The molecule has 0 aromatic heterocycles. The third-order valence-corrected chi connectivity index (χ3v) is 1.36. The Bertz CT molecular complexity index is 317. The van der Waals surface area contributed by atoms with E-state index < -0.39 is 22.3 Å². The second-order valence-corrected chi connectivity index (χ2v) is 3.27. The lowest BCUT2D eigenvalue weighted by atomic mass is 10.3. The average Bonchev–Trinajstić information content (AvgIpc) is 1.95. The van der Waals surface area contributed by atoms with E-state index in [1.165, 1.54) is 0 Å². The predicted molar refractivity (Wildman–Crippen MR) is 42.3 cm³/mol. The Kier molecular flexibility index (Phi) is 4.47. The molecule has 0 aromatic rings. The second kappa shape index (κ2) is 4.88. The number of carbonyl (C=O) groups is 2. The Balaban J connectivity index is 0.000000364. The molecule has 82 valence electrons. The second-order valence-electron chi connectivity index (χ2n) is 2.27. The molecule has 1 fully saturated rings. The predicted octanol–water partition coefficient (Wildman–Crippen LogP) is -0.956. The molecule has 0 spiro atoms. The highest BCUT2D eigenvalue weighted by atomic mass is 32.3. The summed E-state index contributed by atoms with van der Waals surface area (Å²) < 4.78 is 31.7. The molecule has 9 heteroatoms. The molecule has 1 rings (SSSR count). The molecule has 0 aliphatic carbocycles. The molecule has 1 amide bonds. The van der Waals surface area contributed by atoms with E-state index in [4.69, 9.17) is 14.5 Å². The normalized spacial score (nSPS) is 15.3. The lowest BCUT2D eigenvalue weighted by Gasteiger charge is -2.26. The number of carboxylic acid groups (broad SMARTS) is 1. The first-order chi connectivity index (χ1) is 6.22. The van der Waals surface area contributed by atoms with Crippen LogP contribution in [0.2, 0.25) is 0 Å². The van der Waals surface area contributed by atoms with Crippen LogP contribution in [0.15, 0.2) is 0 Å². The van der Waals surface area contributed by atoms with Crippen LogP contribution in [-0.2, 0) is 24.3 Å². The fourth-order valence-electron chi connectivity index (χ4n) is 0.487. The topological polar surface area (TPSA) is 121 Å². The number of nitrogens with zero attached hydrogens (tertiary/aromatic N) is 1. The van der Waals surface area contributed by atoms with Crippen molar-refractivity contribution < 1.29 is 31.9 Å². The summed E-state index contributed by atoms with van der Waals surface area (Å²) in [6.45, 7) is 1.29. The minimum Gasteiger partial charge on any atom is -0.481 e. The number of hydrogen-bond acceptors (Lipinski definition) is 5. The van der Waals surface area contributed by atoms with Gasteiger partial charge in [-0.15, -0.1) is 4.28 Å². The monoisotopic (exact) mass is 227 g/mol. The lowest BCUT2D eigenvalue weighted by Crippen LogP contribution is -2.44. The van der Waals surface area contributed by atoms with Gasteiger partial charge in [0.2, 0.25) is 5.91 Å². The lowest BCUT2D eigenvalue weighted by molar-refractivity contribution is -0.175.